The quantitative estimate of drug-likeness (QED) is 0.897. The van der Waals surface area contributed by atoms with Gasteiger partial charge in [-0.3, -0.25) is 9.78 Å². The molecule has 1 amide bonds. The van der Waals surface area contributed by atoms with Gasteiger partial charge in [-0.25, -0.2) is 0 Å². The minimum atomic E-state index is -0.00897. The first-order valence-electron chi connectivity index (χ1n) is 8.73. The van der Waals surface area contributed by atoms with Gasteiger partial charge in [-0.05, 0) is 62.5 Å². The molecule has 4 nitrogen and oxygen atoms in total. The van der Waals surface area contributed by atoms with Crippen molar-refractivity contribution in [2.24, 2.45) is 5.92 Å². The fourth-order valence-corrected chi connectivity index (χ4v) is 3.64. The number of hydrogen-bond donors (Lipinski definition) is 2. The molecule has 2 atom stereocenters. The Balaban J connectivity index is 1.70. The Morgan fingerprint density at radius 2 is 2.12 bits per heavy atom. The molecule has 1 saturated carbocycles. The summed E-state index contributed by atoms with van der Waals surface area (Å²) < 4.78 is 0. The van der Waals surface area contributed by atoms with Gasteiger partial charge in [0, 0.05) is 28.1 Å². The molecular weight excluding hydrogens is 322 g/mol. The fraction of sp³-hybridized carbons (Fsp3) is 0.474. The number of nitrogens with zero attached hydrogens (tertiary/aromatic N) is 1. The summed E-state index contributed by atoms with van der Waals surface area (Å²) in [6.07, 6.45) is 3.29. The van der Waals surface area contributed by atoms with E-state index in [0.717, 1.165) is 36.1 Å². The van der Waals surface area contributed by atoms with E-state index in [2.05, 4.69) is 17.6 Å². The molecule has 1 aromatic heterocycles. The van der Waals surface area contributed by atoms with E-state index in [1.807, 2.05) is 24.3 Å². The molecule has 0 spiro atoms. The van der Waals surface area contributed by atoms with Crippen molar-refractivity contribution < 1.29 is 4.79 Å². The molecule has 1 aromatic carbocycles. The van der Waals surface area contributed by atoms with Crippen molar-refractivity contribution in [3.05, 3.63) is 40.5 Å². The van der Waals surface area contributed by atoms with Gasteiger partial charge >= 0.3 is 0 Å². The lowest BCUT2D eigenvalue weighted by Crippen LogP contribution is -2.48. The number of fused-ring (bicyclic) bond motifs is 1. The average Bonchev–Trinajstić information content (AvgIpc) is 3.41. The highest BCUT2D eigenvalue weighted by Gasteiger charge is 2.28. The third-order valence-corrected chi connectivity index (χ3v) is 5.37. The fourth-order valence-electron chi connectivity index (χ4n) is 3.47. The first-order chi connectivity index (χ1) is 11.6. The Morgan fingerprint density at radius 1 is 1.29 bits per heavy atom. The second kappa shape index (κ2) is 6.34. The predicted molar refractivity (Wildman–Crippen MR) is 96.6 cm³/mol. The number of carbonyl (C=O) groups excluding carboxylic acids is 1. The number of nitrogens with one attached hydrogen (secondary N) is 2. The highest BCUT2D eigenvalue weighted by atomic mass is 35.5. The van der Waals surface area contributed by atoms with Crippen LogP contribution in [-0.4, -0.2) is 30.0 Å². The van der Waals surface area contributed by atoms with Crippen molar-refractivity contribution in [1.29, 1.82) is 0 Å². The van der Waals surface area contributed by atoms with Crippen molar-refractivity contribution >= 4 is 28.4 Å². The maximum Gasteiger partial charge on any atom is 0.252 e. The number of aromatic nitrogens is 1. The number of amides is 1. The van der Waals surface area contributed by atoms with Gasteiger partial charge in [0.2, 0.25) is 0 Å². The molecule has 2 fully saturated rings. The molecule has 0 bridgehead atoms. The number of carbonyl (C=O) groups is 1. The second-order valence-corrected chi connectivity index (χ2v) is 7.52. The number of hydrogen-bond acceptors (Lipinski definition) is 3. The van der Waals surface area contributed by atoms with Crippen molar-refractivity contribution in [2.45, 2.75) is 38.1 Å². The van der Waals surface area contributed by atoms with Crippen LogP contribution in [0.1, 0.15) is 48.2 Å². The van der Waals surface area contributed by atoms with Crippen LogP contribution >= 0.6 is 11.6 Å². The van der Waals surface area contributed by atoms with Crippen molar-refractivity contribution in [1.82, 2.24) is 15.6 Å². The molecule has 1 saturated heterocycles. The molecule has 126 valence electrons. The lowest BCUT2D eigenvalue weighted by Gasteiger charge is -2.30. The summed E-state index contributed by atoms with van der Waals surface area (Å²) in [5, 5.41) is 8.07. The van der Waals surface area contributed by atoms with Crippen molar-refractivity contribution in [2.75, 3.05) is 13.1 Å². The standard InChI is InChI=1S/C19H22ClN3O/c1-11-10-21-7-6-16(11)23-19(24)15-9-18(12-2-3-12)22-17-5-4-13(20)8-14(15)17/h4-5,8-9,11-12,16,21H,2-3,6-7,10H2,1H3,(H,23,24). The van der Waals surface area contributed by atoms with E-state index in [-0.39, 0.29) is 11.9 Å². The van der Waals surface area contributed by atoms with Gasteiger partial charge in [-0.15, -0.1) is 0 Å². The first-order valence-corrected chi connectivity index (χ1v) is 9.11. The van der Waals surface area contributed by atoms with Crippen molar-refractivity contribution in [3.63, 3.8) is 0 Å². The minimum Gasteiger partial charge on any atom is -0.349 e. The van der Waals surface area contributed by atoms with Crippen LogP contribution in [0.4, 0.5) is 0 Å². The molecule has 2 aromatic rings. The predicted octanol–water partition coefficient (Wildman–Crippen LogP) is 3.49. The van der Waals surface area contributed by atoms with Crippen LogP contribution in [0.2, 0.25) is 5.02 Å². The van der Waals surface area contributed by atoms with Crippen molar-refractivity contribution in [3.8, 4) is 0 Å². The molecule has 0 radical (unpaired) electrons. The van der Waals surface area contributed by atoms with Crippen LogP contribution in [-0.2, 0) is 0 Å². The Morgan fingerprint density at radius 3 is 2.88 bits per heavy atom. The zero-order valence-electron chi connectivity index (χ0n) is 13.8. The Labute approximate surface area is 147 Å². The maximum atomic E-state index is 13.0. The van der Waals surface area contributed by atoms with Gasteiger partial charge in [0.25, 0.3) is 5.91 Å². The van der Waals surface area contributed by atoms with Crippen LogP contribution in [0.5, 0.6) is 0 Å². The monoisotopic (exact) mass is 343 g/mol. The summed E-state index contributed by atoms with van der Waals surface area (Å²) in [5.74, 6) is 0.932. The van der Waals surface area contributed by atoms with Gasteiger partial charge in [-0.1, -0.05) is 18.5 Å². The molecule has 2 heterocycles. The number of pyridine rings is 1. The molecule has 4 rings (SSSR count). The molecular formula is C19H22ClN3O. The molecule has 24 heavy (non-hydrogen) atoms. The molecule has 2 unspecified atom stereocenters. The number of benzene rings is 1. The molecule has 2 aliphatic rings. The van der Waals surface area contributed by atoms with Gasteiger partial charge in [0.15, 0.2) is 0 Å². The summed E-state index contributed by atoms with van der Waals surface area (Å²) in [6.45, 7) is 4.07. The van der Waals surface area contributed by atoms with E-state index in [4.69, 9.17) is 16.6 Å². The van der Waals surface area contributed by atoms with Gasteiger partial charge in [0.1, 0.15) is 0 Å². The van der Waals surface area contributed by atoms with Gasteiger partial charge in [-0.2, -0.15) is 0 Å². The zero-order valence-corrected chi connectivity index (χ0v) is 14.6. The van der Waals surface area contributed by atoms with Crippen LogP contribution in [0.25, 0.3) is 10.9 Å². The summed E-state index contributed by atoms with van der Waals surface area (Å²) in [7, 11) is 0. The largest absolute Gasteiger partial charge is 0.349 e. The third-order valence-electron chi connectivity index (χ3n) is 5.13. The SMILES string of the molecule is CC1CNCCC1NC(=O)c1cc(C2CC2)nc2ccc(Cl)cc12. The molecule has 5 heteroatoms. The van der Waals surface area contributed by atoms with Gasteiger partial charge < -0.3 is 10.6 Å². The summed E-state index contributed by atoms with van der Waals surface area (Å²) in [4.78, 5) is 17.7. The molecule has 1 aliphatic carbocycles. The zero-order chi connectivity index (χ0) is 16.7. The number of halogens is 1. The summed E-state index contributed by atoms with van der Waals surface area (Å²) in [5.41, 5.74) is 2.59. The van der Waals surface area contributed by atoms with E-state index >= 15 is 0 Å². The van der Waals surface area contributed by atoms with E-state index in [0.29, 0.717) is 22.4 Å². The van der Waals surface area contributed by atoms with Crippen LogP contribution in [0.3, 0.4) is 0 Å². The number of rotatable bonds is 3. The van der Waals surface area contributed by atoms with E-state index in [1.54, 1.807) is 0 Å². The average molecular weight is 344 g/mol. The Hall–Kier alpha value is -1.65. The Bertz CT molecular complexity index is 788. The minimum absolute atomic E-state index is 0.00897. The van der Waals surface area contributed by atoms with Gasteiger partial charge in [0.05, 0.1) is 11.1 Å². The highest BCUT2D eigenvalue weighted by Crippen LogP contribution is 2.40. The van der Waals surface area contributed by atoms with E-state index in [9.17, 15) is 4.79 Å². The van der Waals surface area contributed by atoms with E-state index < -0.39 is 0 Å². The van der Waals surface area contributed by atoms with Crippen LogP contribution < -0.4 is 10.6 Å². The topological polar surface area (TPSA) is 54.0 Å². The van der Waals surface area contributed by atoms with Crippen LogP contribution in [0, 0.1) is 5.92 Å². The molecule has 1 aliphatic heterocycles. The first kappa shape index (κ1) is 15.9. The normalized spacial score (nSPS) is 24.1. The Kier molecular flexibility index (Phi) is 4.19. The second-order valence-electron chi connectivity index (χ2n) is 7.08. The smallest absolute Gasteiger partial charge is 0.252 e. The summed E-state index contributed by atoms with van der Waals surface area (Å²) in [6, 6.07) is 7.78. The van der Waals surface area contributed by atoms with Crippen LogP contribution in [0.15, 0.2) is 24.3 Å². The maximum absolute atomic E-state index is 13.0. The lowest BCUT2D eigenvalue weighted by molar-refractivity contribution is 0.0915. The number of piperidine rings is 1. The lowest BCUT2D eigenvalue weighted by atomic mass is 9.94. The highest BCUT2D eigenvalue weighted by molar-refractivity contribution is 6.31. The van der Waals surface area contributed by atoms with E-state index in [1.165, 1.54) is 12.8 Å². The summed E-state index contributed by atoms with van der Waals surface area (Å²) >= 11 is 6.16. The molecule has 2 N–H and O–H groups in total. The third kappa shape index (κ3) is 3.13.